The van der Waals surface area contributed by atoms with Crippen LogP contribution in [0.5, 0.6) is 0 Å². The molecule has 0 saturated carbocycles. The summed E-state index contributed by atoms with van der Waals surface area (Å²) in [6.45, 7) is 0.00741. The van der Waals surface area contributed by atoms with Gasteiger partial charge in [0.1, 0.15) is 6.26 Å². The van der Waals surface area contributed by atoms with E-state index in [0.717, 1.165) is 0 Å². The Morgan fingerprint density at radius 3 is 2.58 bits per heavy atom. The number of halogens is 2. The summed E-state index contributed by atoms with van der Waals surface area (Å²) in [5.74, 6) is -0.337. The van der Waals surface area contributed by atoms with Gasteiger partial charge in [0.15, 0.2) is 0 Å². The van der Waals surface area contributed by atoms with Gasteiger partial charge in [-0.2, -0.15) is 0 Å². The molecule has 0 unspecified atom stereocenters. The first-order valence-corrected chi connectivity index (χ1v) is 6.27. The number of rotatable bonds is 4. The lowest BCUT2D eigenvalue weighted by Gasteiger charge is -2.14. The molecule has 2 N–H and O–H groups in total. The number of hydrogen-bond donors (Lipinski definition) is 2. The number of benzene rings is 1. The predicted octanol–water partition coefficient (Wildman–Crippen LogP) is 3.05. The zero-order chi connectivity index (χ0) is 13.8. The van der Waals surface area contributed by atoms with Crippen LogP contribution in [0.2, 0.25) is 10.0 Å². The predicted molar refractivity (Wildman–Crippen MR) is 72.5 cm³/mol. The number of carbonyl (C=O) groups is 1. The SMILES string of the molecule is O=C(NC[C@H](O)c1c(Cl)cccc1Cl)c1ccoc1. The van der Waals surface area contributed by atoms with Gasteiger partial charge in [-0.25, -0.2) is 0 Å². The van der Waals surface area contributed by atoms with E-state index < -0.39 is 6.10 Å². The van der Waals surface area contributed by atoms with Crippen molar-refractivity contribution in [2.24, 2.45) is 0 Å². The second-order valence-corrected chi connectivity index (χ2v) is 4.69. The Kier molecular flexibility index (Phi) is 4.47. The zero-order valence-corrected chi connectivity index (χ0v) is 11.3. The zero-order valence-electron chi connectivity index (χ0n) is 9.77. The van der Waals surface area contributed by atoms with Crippen molar-refractivity contribution in [3.63, 3.8) is 0 Å². The maximum absolute atomic E-state index is 11.7. The maximum Gasteiger partial charge on any atom is 0.254 e. The van der Waals surface area contributed by atoms with E-state index >= 15 is 0 Å². The molecule has 0 bridgehead atoms. The monoisotopic (exact) mass is 299 g/mol. The normalized spacial score (nSPS) is 12.2. The fraction of sp³-hybridized carbons (Fsp3) is 0.154. The fourth-order valence-electron chi connectivity index (χ4n) is 1.62. The first kappa shape index (κ1) is 13.9. The van der Waals surface area contributed by atoms with Crippen LogP contribution >= 0.6 is 23.2 Å². The van der Waals surface area contributed by atoms with Crippen molar-refractivity contribution in [3.8, 4) is 0 Å². The standard InChI is InChI=1S/C13H11Cl2NO3/c14-9-2-1-3-10(15)12(9)11(17)6-16-13(18)8-4-5-19-7-8/h1-5,7,11,17H,6H2,(H,16,18)/t11-/m0/s1. The molecule has 6 heteroatoms. The smallest absolute Gasteiger partial charge is 0.254 e. The van der Waals surface area contributed by atoms with Crippen molar-refractivity contribution in [2.75, 3.05) is 6.54 Å². The third-order valence-electron chi connectivity index (χ3n) is 2.57. The average Bonchev–Trinajstić information content (AvgIpc) is 2.89. The Hall–Kier alpha value is -1.49. The molecule has 2 aromatic rings. The van der Waals surface area contributed by atoms with Crippen LogP contribution < -0.4 is 5.32 Å². The van der Waals surface area contributed by atoms with Crippen molar-refractivity contribution in [1.29, 1.82) is 0 Å². The topological polar surface area (TPSA) is 62.5 Å². The van der Waals surface area contributed by atoms with Crippen LogP contribution in [-0.2, 0) is 0 Å². The minimum atomic E-state index is -0.975. The molecule has 1 amide bonds. The molecule has 4 nitrogen and oxygen atoms in total. The summed E-state index contributed by atoms with van der Waals surface area (Å²) in [4.78, 5) is 11.7. The molecule has 0 aliphatic carbocycles. The quantitative estimate of drug-likeness (QED) is 0.912. The van der Waals surface area contributed by atoms with Crippen LogP contribution in [0.4, 0.5) is 0 Å². The van der Waals surface area contributed by atoms with Crippen molar-refractivity contribution in [1.82, 2.24) is 5.32 Å². The Morgan fingerprint density at radius 2 is 2.00 bits per heavy atom. The van der Waals surface area contributed by atoms with Gasteiger partial charge in [-0.1, -0.05) is 29.3 Å². The van der Waals surface area contributed by atoms with Gasteiger partial charge in [0, 0.05) is 22.2 Å². The molecule has 0 aliphatic heterocycles. The van der Waals surface area contributed by atoms with Crippen LogP contribution in [0.3, 0.4) is 0 Å². The highest BCUT2D eigenvalue weighted by atomic mass is 35.5. The summed E-state index contributed by atoms with van der Waals surface area (Å²) >= 11 is 11.9. The van der Waals surface area contributed by atoms with Gasteiger partial charge < -0.3 is 14.8 Å². The van der Waals surface area contributed by atoms with Gasteiger partial charge in [0.2, 0.25) is 0 Å². The van der Waals surface area contributed by atoms with Gasteiger partial charge >= 0.3 is 0 Å². The van der Waals surface area contributed by atoms with E-state index in [1.165, 1.54) is 18.6 Å². The Bertz CT molecular complexity index is 549. The van der Waals surface area contributed by atoms with E-state index in [9.17, 15) is 9.90 Å². The molecule has 19 heavy (non-hydrogen) atoms. The number of aliphatic hydroxyl groups is 1. The Labute approximate surface area is 119 Å². The summed E-state index contributed by atoms with van der Waals surface area (Å²) in [5, 5.41) is 13.3. The average molecular weight is 300 g/mol. The molecular formula is C13H11Cl2NO3. The molecular weight excluding hydrogens is 289 g/mol. The van der Waals surface area contributed by atoms with Crippen molar-refractivity contribution in [2.45, 2.75) is 6.10 Å². The van der Waals surface area contributed by atoms with E-state index in [1.807, 2.05) is 0 Å². The summed E-state index contributed by atoms with van der Waals surface area (Å²) in [6.07, 6.45) is 1.75. The fourth-order valence-corrected chi connectivity index (χ4v) is 2.27. The summed E-state index contributed by atoms with van der Waals surface area (Å²) in [7, 11) is 0. The summed E-state index contributed by atoms with van der Waals surface area (Å²) < 4.78 is 4.80. The molecule has 0 fully saturated rings. The molecule has 0 saturated heterocycles. The third-order valence-corrected chi connectivity index (χ3v) is 3.23. The molecule has 1 atom stereocenters. The highest BCUT2D eigenvalue weighted by Crippen LogP contribution is 2.29. The lowest BCUT2D eigenvalue weighted by atomic mass is 10.1. The largest absolute Gasteiger partial charge is 0.472 e. The van der Waals surface area contributed by atoms with E-state index in [2.05, 4.69) is 5.32 Å². The molecule has 1 aromatic heterocycles. The van der Waals surface area contributed by atoms with Crippen molar-refractivity contribution >= 4 is 29.1 Å². The lowest BCUT2D eigenvalue weighted by molar-refractivity contribution is 0.0915. The van der Waals surface area contributed by atoms with Crippen molar-refractivity contribution < 1.29 is 14.3 Å². The van der Waals surface area contributed by atoms with Gasteiger partial charge in [-0.3, -0.25) is 4.79 Å². The number of carbonyl (C=O) groups excluding carboxylic acids is 1. The van der Waals surface area contributed by atoms with Crippen LogP contribution in [-0.4, -0.2) is 17.6 Å². The minimum Gasteiger partial charge on any atom is -0.472 e. The first-order valence-electron chi connectivity index (χ1n) is 5.52. The number of furan rings is 1. The molecule has 2 rings (SSSR count). The number of nitrogens with one attached hydrogen (secondary N) is 1. The van der Waals surface area contributed by atoms with E-state index in [4.69, 9.17) is 27.6 Å². The maximum atomic E-state index is 11.7. The van der Waals surface area contributed by atoms with Crippen molar-refractivity contribution in [3.05, 3.63) is 58.0 Å². The lowest BCUT2D eigenvalue weighted by Crippen LogP contribution is -2.28. The second kappa shape index (κ2) is 6.10. The van der Waals surface area contributed by atoms with E-state index in [0.29, 0.717) is 21.2 Å². The van der Waals surface area contributed by atoms with Gasteiger partial charge in [-0.15, -0.1) is 0 Å². The molecule has 1 aromatic carbocycles. The third kappa shape index (κ3) is 3.29. The Morgan fingerprint density at radius 1 is 1.32 bits per heavy atom. The minimum absolute atomic E-state index is 0.00741. The van der Waals surface area contributed by atoms with Crippen LogP contribution in [0.25, 0.3) is 0 Å². The molecule has 0 radical (unpaired) electrons. The van der Waals surface area contributed by atoms with Crippen LogP contribution in [0, 0.1) is 0 Å². The molecule has 0 spiro atoms. The number of aliphatic hydroxyl groups excluding tert-OH is 1. The van der Waals surface area contributed by atoms with E-state index in [-0.39, 0.29) is 12.5 Å². The summed E-state index contributed by atoms with van der Waals surface area (Å²) in [6, 6.07) is 6.48. The first-order chi connectivity index (χ1) is 9.09. The molecule has 0 aliphatic rings. The number of amides is 1. The van der Waals surface area contributed by atoms with Gasteiger partial charge in [0.05, 0.1) is 17.9 Å². The Balaban J connectivity index is 2.02. The van der Waals surface area contributed by atoms with Gasteiger partial charge in [0.25, 0.3) is 5.91 Å². The molecule has 100 valence electrons. The van der Waals surface area contributed by atoms with Crippen LogP contribution in [0.1, 0.15) is 22.0 Å². The van der Waals surface area contributed by atoms with Crippen LogP contribution in [0.15, 0.2) is 41.2 Å². The highest BCUT2D eigenvalue weighted by Gasteiger charge is 2.16. The van der Waals surface area contributed by atoms with E-state index in [1.54, 1.807) is 18.2 Å². The molecule has 1 heterocycles. The highest BCUT2D eigenvalue weighted by molar-refractivity contribution is 6.36. The second-order valence-electron chi connectivity index (χ2n) is 3.87. The summed E-state index contributed by atoms with van der Waals surface area (Å²) in [5.41, 5.74) is 0.788. The number of hydrogen-bond acceptors (Lipinski definition) is 3. The van der Waals surface area contributed by atoms with Gasteiger partial charge in [-0.05, 0) is 18.2 Å².